The van der Waals surface area contributed by atoms with E-state index in [0.29, 0.717) is 17.7 Å². The van der Waals surface area contributed by atoms with Crippen molar-refractivity contribution in [3.63, 3.8) is 0 Å². The lowest BCUT2D eigenvalue weighted by atomic mass is 9.91. The van der Waals surface area contributed by atoms with Gasteiger partial charge in [-0.05, 0) is 43.2 Å². The van der Waals surface area contributed by atoms with E-state index in [-0.39, 0.29) is 0 Å². The van der Waals surface area contributed by atoms with Gasteiger partial charge < -0.3 is 16.4 Å². The van der Waals surface area contributed by atoms with Gasteiger partial charge in [0.2, 0.25) is 5.79 Å². The molecule has 0 spiro atoms. The summed E-state index contributed by atoms with van der Waals surface area (Å²) in [5, 5.41) is 7.66. The zero-order chi connectivity index (χ0) is 18.7. The van der Waals surface area contributed by atoms with E-state index in [2.05, 4.69) is 33.7 Å². The molecule has 0 amide bonds. The number of halogens is 1. The average molecular weight is 384 g/mol. The summed E-state index contributed by atoms with van der Waals surface area (Å²) in [7, 11) is 0. The Kier molecular flexibility index (Phi) is 5.34. The maximum atomic E-state index is 6.33. The number of benzene rings is 2. The number of fused-ring (bicyclic) bond motifs is 1. The van der Waals surface area contributed by atoms with Gasteiger partial charge in [0, 0.05) is 28.0 Å². The second kappa shape index (κ2) is 7.89. The fourth-order valence-corrected chi connectivity index (χ4v) is 4.38. The van der Waals surface area contributed by atoms with Crippen LogP contribution in [0.5, 0.6) is 0 Å². The standard InChI is InChI=1S/C21H26ClN5/c22-16-10-12-17(13-11-16)26-21(27(14-23)18-6-2-1-3-7-18)19-8-4-5-9-20(19)24-15-25-21/h4-5,8-13,15,18,26H,1-3,6-7,14,23H2,(H,24,25). The summed E-state index contributed by atoms with van der Waals surface area (Å²) in [5.74, 6) is -0.744. The lowest BCUT2D eigenvalue weighted by molar-refractivity contribution is 0.0488. The summed E-state index contributed by atoms with van der Waals surface area (Å²) in [6, 6.07) is 16.4. The molecule has 1 fully saturated rings. The summed E-state index contributed by atoms with van der Waals surface area (Å²) < 4.78 is 0. The lowest BCUT2D eigenvalue weighted by Crippen LogP contribution is -2.58. The number of nitrogens with two attached hydrogens (primary N) is 1. The van der Waals surface area contributed by atoms with Crippen LogP contribution in [0, 0.1) is 0 Å². The van der Waals surface area contributed by atoms with Gasteiger partial charge in [0.15, 0.2) is 0 Å². The minimum absolute atomic E-state index is 0.395. The van der Waals surface area contributed by atoms with Gasteiger partial charge in [-0.1, -0.05) is 49.1 Å². The molecular weight excluding hydrogens is 358 g/mol. The maximum absolute atomic E-state index is 6.33. The quantitative estimate of drug-likeness (QED) is 0.662. The van der Waals surface area contributed by atoms with Gasteiger partial charge in [0.1, 0.15) is 0 Å². The van der Waals surface area contributed by atoms with Gasteiger partial charge >= 0.3 is 0 Å². The summed E-state index contributed by atoms with van der Waals surface area (Å²) in [6.45, 7) is 0.428. The van der Waals surface area contributed by atoms with Gasteiger partial charge in [-0.15, -0.1) is 0 Å². The number of hydrogen-bond donors (Lipinski definition) is 3. The summed E-state index contributed by atoms with van der Waals surface area (Å²) >= 11 is 6.08. The molecule has 4 rings (SSSR count). The molecule has 5 nitrogen and oxygen atoms in total. The second-order valence-corrected chi connectivity index (χ2v) is 7.63. The molecule has 2 aromatic rings. The van der Waals surface area contributed by atoms with Crippen molar-refractivity contribution >= 4 is 29.3 Å². The number of aliphatic imine (C=N–C) groups is 1. The molecule has 0 radical (unpaired) electrons. The van der Waals surface area contributed by atoms with Gasteiger partial charge in [0.05, 0.1) is 13.0 Å². The van der Waals surface area contributed by atoms with E-state index in [0.717, 1.165) is 29.8 Å². The number of hydrogen-bond acceptors (Lipinski definition) is 5. The van der Waals surface area contributed by atoms with Crippen LogP contribution in [0.25, 0.3) is 0 Å². The Bertz CT molecular complexity index is 800. The highest BCUT2D eigenvalue weighted by Crippen LogP contribution is 2.41. The van der Waals surface area contributed by atoms with Crippen molar-refractivity contribution in [1.82, 2.24) is 4.90 Å². The van der Waals surface area contributed by atoms with Crippen molar-refractivity contribution in [2.24, 2.45) is 10.7 Å². The molecule has 6 heteroatoms. The first-order valence-corrected chi connectivity index (χ1v) is 10.0. The SMILES string of the molecule is NCN(C1CCCCC1)C1(Nc2ccc(Cl)cc2)N=CNc2ccccc21. The fourth-order valence-electron chi connectivity index (χ4n) is 4.25. The van der Waals surface area contributed by atoms with Gasteiger partial charge in [-0.2, -0.15) is 0 Å². The predicted octanol–water partition coefficient (Wildman–Crippen LogP) is 4.57. The van der Waals surface area contributed by atoms with E-state index in [1.807, 2.05) is 30.3 Å². The van der Waals surface area contributed by atoms with Crippen LogP contribution >= 0.6 is 11.6 Å². The smallest absolute Gasteiger partial charge is 0.219 e. The number of nitrogens with zero attached hydrogens (tertiary/aromatic N) is 2. The van der Waals surface area contributed by atoms with Crippen LogP contribution in [0.4, 0.5) is 11.4 Å². The Balaban J connectivity index is 1.80. The van der Waals surface area contributed by atoms with Crippen molar-refractivity contribution in [3.05, 3.63) is 59.1 Å². The molecule has 2 aliphatic rings. The number of para-hydroxylation sites is 1. The van der Waals surface area contributed by atoms with Crippen molar-refractivity contribution in [2.45, 2.75) is 43.9 Å². The van der Waals surface area contributed by atoms with E-state index in [1.165, 1.54) is 19.3 Å². The zero-order valence-electron chi connectivity index (χ0n) is 15.4. The van der Waals surface area contributed by atoms with Crippen molar-refractivity contribution < 1.29 is 0 Å². The fraction of sp³-hybridized carbons (Fsp3) is 0.381. The third kappa shape index (κ3) is 3.55. The molecule has 142 valence electrons. The normalized spacial score (nSPS) is 22.3. The van der Waals surface area contributed by atoms with Crippen LogP contribution in [-0.2, 0) is 5.79 Å². The number of anilines is 2. The molecule has 1 atom stereocenters. The predicted molar refractivity (Wildman–Crippen MR) is 113 cm³/mol. The van der Waals surface area contributed by atoms with Crippen LogP contribution in [-0.4, -0.2) is 23.9 Å². The van der Waals surface area contributed by atoms with Crippen LogP contribution < -0.4 is 16.4 Å². The van der Waals surface area contributed by atoms with Crippen LogP contribution in [0.2, 0.25) is 5.02 Å². The third-order valence-corrected chi connectivity index (χ3v) is 5.82. The Hall–Kier alpha value is -2.08. The monoisotopic (exact) mass is 383 g/mol. The van der Waals surface area contributed by atoms with Crippen molar-refractivity contribution in [1.29, 1.82) is 0 Å². The first-order chi connectivity index (χ1) is 13.2. The summed E-state index contributed by atoms with van der Waals surface area (Å²) in [4.78, 5) is 7.25. The van der Waals surface area contributed by atoms with Crippen LogP contribution in [0.1, 0.15) is 37.7 Å². The maximum Gasteiger partial charge on any atom is 0.219 e. The van der Waals surface area contributed by atoms with E-state index in [4.69, 9.17) is 22.3 Å². The molecule has 0 aromatic heterocycles. The van der Waals surface area contributed by atoms with Gasteiger partial charge in [0.25, 0.3) is 0 Å². The van der Waals surface area contributed by atoms with E-state index >= 15 is 0 Å². The minimum atomic E-state index is -0.744. The Morgan fingerprint density at radius 2 is 1.85 bits per heavy atom. The Labute approximate surface area is 165 Å². The summed E-state index contributed by atoms with van der Waals surface area (Å²) in [5.41, 5.74) is 9.41. The molecule has 27 heavy (non-hydrogen) atoms. The molecule has 1 saturated carbocycles. The van der Waals surface area contributed by atoms with Gasteiger partial charge in [-0.3, -0.25) is 0 Å². The Morgan fingerprint density at radius 3 is 2.59 bits per heavy atom. The molecular formula is C21H26ClN5. The highest BCUT2D eigenvalue weighted by atomic mass is 35.5. The molecule has 4 N–H and O–H groups in total. The highest BCUT2D eigenvalue weighted by Gasteiger charge is 2.44. The van der Waals surface area contributed by atoms with Gasteiger partial charge in [-0.25, -0.2) is 9.89 Å². The van der Waals surface area contributed by atoms with Crippen LogP contribution in [0.3, 0.4) is 0 Å². The van der Waals surface area contributed by atoms with Crippen molar-refractivity contribution in [2.75, 3.05) is 17.3 Å². The van der Waals surface area contributed by atoms with Crippen LogP contribution in [0.15, 0.2) is 53.5 Å². The minimum Gasteiger partial charge on any atom is -0.346 e. The first kappa shape index (κ1) is 18.3. The summed E-state index contributed by atoms with van der Waals surface area (Å²) in [6.07, 6.45) is 7.84. The average Bonchev–Trinajstić information content (AvgIpc) is 2.71. The molecule has 1 unspecified atom stereocenters. The lowest BCUT2D eigenvalue weighted by Gasteiger charge is -2.48. The van der Waals surface area contributed by atoms with E-state index in [1.54, 1.807) is 6.34 Å². The first-order valence-electron chi connectivity index (χ1n) is 9.63. The molecule has 1 aliphatic heterocycles. The second-order valence-electron chi connectivity index (χ2n) is 7.20. The molecule has 0 saturated heterocycles. The highest BCUT2D eigenvalue weighted by molar-refractivity contribution is 6.30. The largest absolute Gasteiger partial charge is 0.346 e. The number of rotatable bonds is 5. The van der Waals surface area contributed by atoms with Crippen molar-refractivity contribution in [3.8, 4) is 0 Å². The van der Waals surface area contributed by atoms with E-state index in [9.17, 15) is 0 Å². The topological polar surface area (TPSA) is 65.7 Å². The molecule has 1 aliphatic carbocycles. The Morgan fingerprint density at radius 1 is 1.11 bits per heavy atom. The molecule has 0 bridgehead atoms. The number of nitrogens with one attached hydrogen (secondary N) is 2. The van der Waals surface area contributed by atoms with E-state index < -0.39 is 5.79 Å². The molecule has 1 heterocycles. The zero-order valence-corrected chi connectivity index (χ0v) is 16.1. The molecule has 2 aromatic carbocycles. The third-order valence-electron chi connectivity index (χ3n) is 5.56.